The normalized spacial score (nSPS) is 23.6. The summed E-state index contributed by atoms with van der Waals surface area (Å²) >= 11 is 0. The fraction of sp³-hybridized carbons (Fsp3) is 0.867. The molecule has 0 saturated carbocycles. The van der Waals surface area contributed by atoms with Crippen LogP contribution in [0.25, 0.3) is 0 Å². The molecule has 2 amide bonds. The van der Waals surface area contributed by atoms with Crippen LogP contribution < -0.4 is 5.32 Å². The summed E-state index contributed by atoms with van der Waals surface area (Å²) in [4.78, 5) is 27.1. The summed E-state index contributed by atoms with van der Waals surface area (Å²) < 4.78 is 0. The molecule has 0 aromatic carbocycles. The first-order chi connectivity index (χ1) is 9.56. The number of likely N-dealkylation sites (tertiary alicyclic amines) is 1. The van der Waals surface area contributed by atoms with Crippen LogP contribution >= 0.6 is 0 Å². The number of rotatable bonds is 7. The Kier molecular flexibility index (Phi) is 5.54. The molecule has 5 nitrogen and oxygen atoms in total. The molecule has 2 rings (SSSR count). The fourth-order valence-corrected chi connectivity index (χ4v) is 3.11. The van der Waals surface area contributed by atoms with E-state index in [1.54, 1.807) is 0 Å². The maximum Gasteiger partial charge on any atom is 0.229 e. The molecule has 2 aliphatic heterocycles. The molecule has 20 heavy (non-hydrogen) atoms. The number of carbonyl (C=O) groups is 2. The van der Waals surface area contributed by atoms with Crippen molar-refractivity contribution < 1.29 is 9.59 Å². The Balaban J connectivity index is 1.83. The van der Waals surface area contributed by atoms with Gasteiger partial charge in [0.05, 0.1) is 0 Å². The lowest BCUT2D eigenvalue weighted by atomic mass is 10.1. The minimum absolute atomic E-state index is 0.00140. The standard InChI is InChI=1S/C15H27N3O2/c1-12(2)10-17(11-13-4-3-7-16-13)8-9-18-14(19)5-6-15(18)20/h12-13,16H,3-11H2,1-2H3. The van der Waals surface area contributed by atoms with Crippen LogP contribution in [0.1, 0.15) is 39.5 Å². The maximum absolute atomic E-state index is 11.6. The van der Waals surface area contributed by atoms with Crippen molar-refractivity contribution >= 4 is 11.8 Å². The van der Waals surface area contributed by atoms with Crippen LogP contribution in [0.5, 0.6) is 0 Å². The van der Waals surface area contributed by atoms with Gasteiger partial charge in [-0.3, -0.25) is 19.4 Å². The third-order valence-electron chi connectivity index (χ3n) is 4.06. The molecule has 2 heterocycles. The van der Waals surface area contributed by atoms with Gasteiger partial charge in [0, 0.05) is 45.1 Å². The van der Waals surface area contributed by atoms with Gasteiger partial charge >= 0.3 is 0 Å². The van der Waals surface area contributed by atoms with Gasteiger partial charge in [-0.05, 0) is 25.3 Å². The van der Waals surface area contributed by atoms with Gasteiger partial charge in [0.2, 0.25) is 11.8 Å². The van der Waals surface area contributed by atoms with E-state index in [-0.39, 0.29) is 11.8 Å². The third-order valence-corrected chi connectivity index (χ3v) is 4.06. The van der Waals surface area contributed by atoms with Gasteiger partial charge in [-0.25, -0.2) is 0 Å². The van der Waals surface area contributed by atoms with Crippen LogP contribution in [-0.2, 0) is 9.59 Å². The number of hydrogen-bond acceptors (Lipinski definition) is 4. The molecule has 1 N–H and O–H groups in total. The number of hydrogen-bond donors (Lipinski definition) is 1. The molecule has 1 unspecified atom stereocenters. The van der Waals surface area contributed by atoms with E-state index in [0.29, 0.717) is 31.3 Å². The second-order valence-electron chi connectivity index (χ2n) is 6.39. The van der Waals surface area contributed by atoms with Crippen molar-refractivity contribution in [2.45, 2.75) is 45.6 Å². The highest BCUT2D eigenvalue weighted by atomic mass is 16.2. The second-order valence-corrected chi connectivity index (χ2v) is 6.39. The van der Waals surface area contributed by atoms with E-state index in [1.807, 2.05) is 0 Å². The summed E-state index contributed by atoms with van der Waals surface area (Å²) in [5.41, 5.74) is 0. The van der Waals surface area contributed by atoms with Gasteiger partial charge in [0.25, 0.3) is 0 Å². The second kappa shape index (κ2) is 7.18. The van der Waals surface area contributed by atoms with Crippen LogP contribution in [0.4, 0.5) is 0 Å². The zero-order valence-corrected chi connectivity index (χ0v) is 12.7. The Labute approximate surface area is 121 Å². The first-order valence-corrected chi connectivity index (χ1v) is 7.85. The summed E-state index contributed by atoms with van der Waals surface area (Å²) in [5.74, 6) is 0.596. The predicted octanol–water partition coefficient (Wildman–Crippen LogP) is 0.845. The number of amides is 2. The summed E-state index contributed by atoms with van der Waals surface area (Å²) in [6.07, 6.45) is 3.28. The van der Waals surface area contributed by atoms with Crippen LogP contribution in [-0.4, -0.2) is 60.4 Å². The third kappa shape index (κ3) is 4.28. The molecule has 1 atom stereocenters. The SMILES string of the molecule is CC(C)CN(CCN1C(=O)CCC1=O)CC1CCCN1. The summed E-state index contributed by atoms with van der Waals surface area (Å²) in [5, 5.41) is 3.52. The maximum atomic E-state index is 11.6. The van der Waals surface area contributed by atoms with Crippen molar-refractivity contribution in [3.8, 4) is 0 Å². The van der Waals surface area contributed by atoms with Crippen molar-refractivity contribution in [2.24, 2.45) is 5.92 Å². The number of carbonyl (C=O) groups excluding carboxylic acids is 2. The predicted molar refractivity (Wildman–Crippen MR) is 78.3 cm³/mol. The molecule has 2 fully saturated rings. The lowest BCUT2D eigenvalue weighted by Gasteiger charge is -2.28. The highest BCUT2D eigenvalue weighted by Crippen LogP contribution is 2.13. The van der Waals surface area contributed by atoms with E-state index in [1.165, 1.54) is 17.7 Å². The molecule has 0 aromatic heterocycles. The molecular formula is C15H27N3O2. The minimum atomic E-state index is -0.00140. The van der Waals surface area contributed by atoms with Gasteiger partial charge in [-0.1, -0.05) is 13.8 Å². The van der Waals surface area contributed by atoms with E-state index in [2.05, 4.69) is 24.1 Å². The summed E-state index contributed by atoms with van der Waals surface area (Å²) in [7, 11) is 0. The van der Waals surface area contributed by atoms with Crippen LogP contribution in [0, 0.1) is 5.92 Å². The van der Waals surface area contributed by atoms with E-state index in [0.717, 1.165) is 26.2 Å². The Morgan fingerprint density at radius 2 is 2.00 bits per heavy atom. The zero-order chi connectivity index (χ0) is 14.5. The van der Waals surface area contributed by atoms with Crippen LogP contribution in [0.2, 0.25) is 0 Å². The average molecular weight is 281 g/mol. The lowest BCUT2D eigenvalue weighted by molar-refractivity contribution is -0.138. The van der Waals surface area contributed by atoms with Crippen molar-refractivity contribution in [3.05, 3.63) is 0 Å². The number of nitrogens with zero attached hydrogens (tertiary/aromatic N) is 2. The van der Waals surface area contributed by atoms with E-state index in [9.17, 15) is 9.59 Å². The molecule has 0 spiro atoms. The van der Waals surface area contributed by atoms with E-state index in [4.69, 9.17) is 0 Å². The summed E-state index contributed by atoms with van der Waals surface area (Å²) in [6.45, 7) is 8.93. The molecule has 0 aromatic rings. The highest BCUT2D eigenvalue weighted by Gasteiger charge is 2.29. The fourth-order valence-electron chi connectivity index (χ4n) is 3.11. The Morgan fingerprint density at radius 3 is 2.55 bits per heavy atom. The van der Waals surface area contributed by atoms with E-state index >= 15 is 0 Å². The van der Waals surface area contributed by atoms with Gasteiger partial charge < -0.3 is 5.32 Å². The molecule has 5 heteroatoms. The molecule has 114 valence electrons. The molecule has 2 saturated heterocycles. The van der Waals surface area contributed by atoms with Crippen molar-refractivity contribution in [3.63, 3.8) is 0 Å². The minimum Gasteiger partial charge on any atom is -0.313 e. The van der Waals surface area contributed by atoms with Gasteiger partial charge in [-0.15, -0.1) is 0 Å². The molecule has 2 aliphatic rings. The first kappa shape index (κ1) is 15.4. The average Bonchev–Trinajstić information content (AvgIpc) is 2.98. The Bertz CT molecular complexity index is 335. The van der Waals surface area contributed by atoms with Crippen molar-refractivity contribution in [1.82, 2.24) is 15.1 Å². The summed E-state index contributed by atoms with van der Waals surface area (Å²) in [6, 6.07) is 0.568. The van der Waals surface area contributed by atoms with Gasteiger partial charge in [-0.2, -0.15) is 0 Å². The quantitative estimate of drug-likeness (QED) is 0.703. The Morgan fingerprint density at radius 1 is 1.30 bits per heavy atom. The number of nitrogens with one attached hydrogen (secondary N) is 1. The molecule has 0 bridgehead atoms. The van der Waals surface area contributed by atoms with Crippen molar-refractivity contribution in [1.29, 1.82) is 0 Å². The van der Waals surface area contributed by atoms with Crippen molar-refractivity contribution in [2.75, 3.05) is 32.7 Å². The topological polar surface area (TPSA) is 52.7 Å². The Hall–Kier alpha value is -0.940. The van der Waals surface area contributed by atoms with Gasteiger partial charge in [0.15, 0.2) is 0 Å². The van der Waals surface area contributed by atoms with Gasteiger partial charge in [0.1, 0.15) is 0 Å². The molecule has 0 radical (unpaired) electrons. The monoisotopic (exact) mass is 281 g/mol. The lowest BCUT2D eigenvalue weighted by Crippen LogP contribution is -2.44. The van der Waals surface area contributed by atoms with Crippen LogP contribution in [0.15, 0.2) is 0 Å². The van der Waals surface area contributed by atoms with E-state index < -0.39 is 0 Å². The zero-order valence-electron chi connectivity index (χ0n) is 12.7. The number of imide groups is 1. The first-order valence-electron chi connectivity index (χ1n) is 7.85. The highest BCUT2D eigenvalue weighted by molar-refractivity contribution is 6.01. The smallest absolute Gasteiger partial charge is 0.229 e. The largest absolute Gasteiger partial charge is 0.313 e. The van der Waals surface area contributed by atoms with Crippen LogP contribution in [0.3, 0.4) is 0 Å². The molecule has 0 aliphatic carbocycles. The molecular weight excluding hydrogens is 254 g/mol.